The molecule has 8 heteroatoms. The minimum Gasteiger partial charge on any atom is -0.412 e. The molecular weight excluding hydrogens is 542 g/mol. The molecule has 0 saturated carbocycles. The van der Waals surface area contributed by atoms with Crippen molar-refractivity contribution in [2.45, 2.75) is 30.6 Å². The van der Waals surface area contributed by atoms with E-state index in [2.05, 4.69) is 81.3 Å². The zero-order chi connectivity index (χ0) is 25.9. The highest BCUT2D eigenvalue weighted by molar-refractivity contribution is 8.16. The number of unbranched alkanes of at least 4 members (excludes halogenated alkanes) is 1. The van der Waals surface area contributed by atoms with Gasteiger partial charge in [-0.2, -0.15) is 0 Å². The van der Waals surface area contributed by atoms with Crippen molar-refractivity contribution in [3.8, 4) is 0 Å². The van der Waals surface area contributed by atoms with Crippen molar-refractivity contribution in [1.29, 1.82) is 0 Å². The lowest BCUT2D eigenvalue weighted by Crippen LogP contribution is -2.37. The third kappa shape index (κ3) is 5.93. The van der Waals surface area contributed by atoms with Gasteiger partial charge in [0.25, 0.3) is 11.8 Å². The lowest BCUT2D eigenvalue weighted by Gasteiger charge is -2.37. The van der Waals surface area contributed by atoms with E-state index in [1.165, 1.54) is 21.2 Å². The summed E-state index contributed by atoms with van der Waals surface area (Å²) in [6.45, 7) is 3.67. The van der Waals surface area contributed by atoms with Crippen molar-refractivity contribution in [2.75, 3.05) is 30.5 Å². The number of fused-ring (bicyclic) bond motifs is 1. The molecule has 6 nitrogen and oxygen atoms in total. The number of hydrogen-bond donors (Lipinski definition) is 0. The molecule has 0 aliphatic carbocycles. The van der Waals surface area contributed by atoms with Gasteiger partial charge >= 0.3 is 0 Å². The Morgan fingerprint density at radius 2 is 1.27 bits per heavy atom. The number of hydrogen-bond acceptors (Lipinski definition) is 4. The molecule has 2 amide bonds. The van der Waals surface area contributed by atoms with Gasteiger partial charge in [-0.3, -0.25) is 18.8 Å². The van der Waals surface area contributed by atoms with E-state index in [1.54, 1.807) is 12.1 Å². The number of benzene rings is 3. The minimum absolute atomic E-state index is 0. The third-order valence-corrected chi connectivity index (χ3v) is 9.73. The first-order chi connectivity index (χ1) is 18.7. The average molecular weight is 578 g/mol. The van der Waals surface area contributed by atoms with Gasteiger partial charge < -0.3 is 10.4 Å². The van der Waals surface area contributed by atoms with Gasteiger partial charge in [0.1, 0.15) is 0 Å². The van der Waals surface area contributed by atoms with Crippen LogP contribution in [0.15, 0.2) is 102 Å². The van der Waals surface area contributed by atoms with Crippen molar-refractivity contribution in [2.24, 2.45) is 5.92 Å². The van der Waals surface area contributed by atoms with Crippen molar-refractivity contribution in [3.05, 3.63) is 108 Å². The van der Waals surface area contributed by atoms with Gasteiger partial charge in [-0.1, -0.05) is 59.2 Å². The molecule has 0 spiro atoms. The van der Waals surface area contributed by atoms with Gasteiger partial charge in [-0.25, -0.2) is 0 Å². The zero-order valence-corrected chi connectivity index (χ0v) is 24.1. The summed E-state index contributed by atoms with van der Waals surface area (Å²) >= 11 is 0. The fourth-order valence-electron chi connectivity index (χ4n) is 5.75. The number of carbonyl (C=O) groups is 2. The maximum Gasteiger partial charge on any atom is 0.261 e. The molecule has 0 radical (unpaired) electrons. The number of piperidine rings is 1. The number of rotatable bonds is 8. The van der Waals surface area contributed by atoms with E-state index in [4.69, 9.17) is 0 Å². The summed E-state index contributed by atoms with van der Waals surface area (Å²) < 4.78 is 2.55. The number of anilines is 1. The van der Waals surface area contributed by atoms with E-state index < -0.39 is 0 Å². The second-order valence-electron chi connectivity index (χ2n) is 10.1. The first-order valence-electron chi connectivity index (χ1n) is 13.6. The summed E-state index contributed by atoms with van der Waals surface area (Å²) in [6, 6.07) is 28.7. The number of imide groups is 1. The predicted octanol–water partition coefficient (Wildman–Crippen LogP) is 5.82. The van der Waals surface area contributed by atoms with Crippen LogP contribution in [0.3, 0.4) is 0 Å². The van der Waals surface area contributed by atoms with Crippen LogP contribution < -0.4 is 4.31 Å². The largest absolute Gasteiger partial charge is 0.412 e. The van der Waals surface area contributed by atoms with Crippen molar-refractivity contribution >= 4 is 45.9 Å². The molecule has 210 valence electrons. The molecular formula is C32H36ClN3O3S. The Morgan fingerprint density at radius 1 is 0.725 bits per heavy atom. The number of amides is 2. The average Bonchev–Trinajstić information content (AvgIpc) is 3.52. The van der Waals surface area contributed by atoms with Gasteiger partial charge in [0.05, 0.1) is 16.8 Å². The Morgan fingerprint density at radius 3 is 1.90 bits per heavy atom. The molecule has 1 atom stereocenters. The smallest absolute Gasteiger partial charge is 0.261 e. The zero-order valence-electron chi connectivity index (χ0n) is 22.4. The van der Waals surface area contributed by atoms with Crippen LogP contribution in [0.5, 0.6) is 0 Å². The second kappa shape index (κ2) is 13.4. The van der Waals surface area contributed by atoms with Crippen molar-refractivity contribution in [1.82, 2.24) is 9.80 Å². The summed E-state index contributed by atoms with van der Waals surface area (Å²) in [6.07, 6.45) is 6.49. The van der Waals surface area contributed by atoms with Gasteiger partial charge in [0.15, 0.2) is 0 Å². The summed E-state index contributed by atoms with van der Waals surface area (Å²) in [5.41, 5.74) is 3.78. The van der Waals surface area contributed by atoms with E-state index >= 15 is 0 Å². The predicted molar refractivity (Wildman–Crippen MR) is 166 cm³/mol. The molecule has 1 unspecified atom stereocenters. The Hall–Kier alpha value is -3.23. The van der Waals surface area contributed by atoms with E-state index in [1.807, 2.05) is 12.1 Å². The van der Waals surface area contributed by atoms with Crippen molar-refractivity contribution < 1.29 is 15.1 Å². The summed E-state index contributed by atoms with van der Waals surface area (Å²) in [4.78, 5) is 30.5. The van der Waals surface area contributed by atoms with Crippen molar-refractivity contribution in [3.63, 3.8) is 0 Å². The second-order valence-corrected chi connectivity index (χ2v) is 11.9. The molecule has 3 aromatic rings. The van der Waals surface area contributed by atoms with Crippen LogP contribution in [0.25, 0.3) is 0 Å². The monoisotopic (exact) mass is 577 g/mol. The Kier molecular flexibility index (Phi) is 9.98. The number of carbonyl (C=O) groups excluding carboxylic acids is 2. The fraction of sp³-hybridized carbons (Fsp3) is 0.281. The SMILES string of the molecule is Cl.O.O=C1c2ccccc2C(=O)N1CCCCN1CCC(C2=CC=S(c3ccccc3)N2c2ccccc2)CC1. The first-order valence-corrected chi connectivity index (χ1v) is 14.8. The van der Waals surface area contributed by atoms with E-state index in [0.29, 0.717) is 23.6 Å². The first kappa shape index (κ1) is 29.7. The maximum atomic E-state index is 12.6. The highest BCUT2D eigenvalue weighted by Gasteiger charge is 2.34. The Balaban J connectivity index is 0.00000185. The van der Waals surface area contributed by atoms with Crippen LogP contribution >= 0.6 is 23.1 Å². The fourth-order valence-corrected chi connectivity index (χ4v) is 7.73. The highest BCUT2D eigenvalue weighted by atomic mass is 35.5. The van der Waals surface area contributed by atoms with Gasteiger partial charge in [0.2, 0.25) is 0 Å². The quantitative estimate of drug-likeness (QED) is 0.192. The molecule has 3 aliphatic heterocycles. The van der Waals surface area contributed by atoms with E-state index in [-0.39, 0.29) is 40.4 Å². The molecule has 3 aliphatic rings. The lowest BCUT2D eigenvalue weighted by molar-refractivity contribution is 0.0649. The van der Waals surface area contributed by atoms with Crippen LogP contribution in [-0.2, 0) is 0 Å². The van der Waals surface area contributed by atoms with Gasteiger partial charge in [-0.05, 0) is 93.2 Å². The minimum atomic E-state index is -0.148. The summed E-state index contributed by atoms with van der Waals surface area (Å²) in [5.74, 6) is 0.248. The molecule has 0 aromatic heterocycles. The number of allylic oxidation sites excluding steroid dienone is 2. The lowest BCUT2D eigenvalue weighted by atomic mass is 9.92. The molecule has 1 saturated heterocycles. The molecule has 6 rings (SSSR count). The van der Waals surface area contributed by atoms with Crippen LogP contribution in [0, 0.1) is 5.92 Å². The Bertz CT molecular complexity index is 1350. The number of para-hydroxylation sites is 1. The standard InChI is InChI=1S/C32H33N3O2S.ClH.H2O/c36-31-28-15-7-8-16-29(28)32(37)34(31)21-10-9-20-33-22-17-25(18-23-33)30-19-24-38(27-13-5-2-6-14-27)35(30)26-11-3-1-4-12-26;;/h1-8,11-16,19,24-25H,9-10,17-18,20-23H2;1H;1H2. The number of likely N-dealkylation sites (tertiary alicyclic amines) is 1. The molecule has 3 aromatic carbocycles. The topological polar surface area (TPSA) is 75.4 Å². The molecule has 1 fully saturated rings. The van der Waals surface area contributed by atoms with Crippen LogP contribution in [0.4, 0.5) is 5.69 Å². The summed E-state index contributed by atoms with van der Waals surface area (Å²) in [7, 11) is -0.106. The van der Waals surface area contributed by atoms with E-state index in [0.717, 1.165) is 45.3 Å². The van der Waals surface area contributed by atoms with Crippen LogP contribution in [-0.4, -0.2) is 58.6 Å². The van der Waals surface area contributed by atoms with E-state index in [9.17, 15) is 9.59 Å². The molecule has 40 heavy (non-hydrogen) atoms. The highest BCUT2D eigenvalue weighted by Crippen LogP contribution is 2.45. The molecule has 3 heterocycles. The molecule has 2 N–H and O–H groups in total. The van der Waals surface area contributed by atoms with Crippen LogP contribution in [0.1, 0.15) is 46.4 Å². The normalized spacial score (nSPS) is 19.0. The Labute approximate surface area is 245 Å². The van der Waals surface area contributed by atoms with Gasteiger partial charge in [0, 0.05) is 23.1 Å². The number of halogens is 1. The third-order valence-electron chi connectivity index (χ3n) is 7.76. The maximum absolute atomic E-state index is 12.6. The van der Waals surface area contributed by atoms with Crippen LogP contribution in [0.2, 0.25) is 0 Å². The number of nitrogens with zero attached hydrogens (tertiary/aromatic N) is 3. The summed E-state index contributed by atoms with van der Waals surface area (Å²) in [5, 5.41) is 2.38. The molecule has 0 bridgehead atoms. The van der Waals surface area contributed by atoms with Gasteiger partial charge in [-0.15, -0.1) is 12.4 Å².